The van der Waals surface area contributed by atoms with Gasteiger partial charge < -0.3 is 10.1 Å². The lowest BCUT2D eigenvalue weighted by Gasteiger charge is -2.23. The first-order valence-corrected chi connectivity index (χ1v) is 12.9. The van der Waals surface area contributed by atoms with E-state index in [1.807, 2.05) is 6.92 Å². The zero-order valence-corrected chi connectivity index (χ0v) is 19.1. The molecule has 2 aromatic carbocycles. The number of anilines is 2. The number of amides is 1. The second kappa shape index (κ2) is 8.85. The van der Waals surface area contributed by atoms with Crippen LogP contribution in [-0.2, 0) is 24.8 Å². The van der Waals surface area contributed by atoms with Crippen LogP contribution in [0.15, 0.2) is 47.4 Å². The van der Waals surface area contributed by atoms with E-state index in [0.29, 0.717) is 18.5 Å². The van der Waals surface area contributed by atoms with Crippen LogP contribution in [0.4, 0.5) is 11.4 Å². The maximum atomic E-state index is 13.1. The van der Waals surface area contributed by atoms with Crippen LogP contribution in [0.2, 0.25) is 0 Å². The Hall–Kier alpha value is -2.63. The van der Waals surface area contributed by atoms with Gasteiger partial charge in [-0.2, -0.15) is 4.31 Å². The molecule has 31 heavy (non-hydrogen) atoms. The number of hydrogen-bond acceptors (Lipinski definition) is 6. The van der Waals surface area contributed by atoms with E-state index in [4.69, 9.17) is 4.74 Å². The van der Waals surface area contributed by atoms with E-state index in [9.17, 15) is 21.6 Å². The standard InChI is InChI=1S/C20H25N3O6S2/c1-14-6-9-16(10-7-14)31(27,28)23-12-4-5-18(23)20(24)21-15-8-11-19(29-2)17(13-15)22-30(3,25)26/h6-11,13,18,22H,4-5,12H2,1-3H3,(H,21,24)/t18-/m0/s1. The Labute approximate surface area is 182 Å². The summed E-state index contributed by atoms with van der Waals surface area (Å²) in [4.78, 5) is 13.1. The van der Waals surface area contributed by atoms with Gasteiger partial charge in [0.05, 0.1) is 23.9 Å². The predicted octanol–water partition coefficient (Wildman–Crippen LogP) is 2.17. The number of nitrogens with one attached hydrogen (secondary N) is 2. The molecule has 2 N–H and O–H groups in total. The molecule has 0 aromatic heterocycles. The summed E-state index contributed by atoms with van der Waals surface area (Å²) < 4.78 is 58.0. The number of nitrogens with zero attached hydrogens (tertiary/aromatic N) is 1. The van der Waals surface area contributed by atoms with Gasteiger partial charge in [0.2, 0.25) is 26.0 Å². The SMILES string of the molecule is COc1ccc(NC(=O)[C@@H]2CCCN2S(=O)(=O)c2ccc(C)cc2)cc1NS(C)(=O)=O. The van der Waals surface area contributed by atoms with Crippen molar-refractivity contribution in [2.24, 2.45) is 0 Å². The summed E-state index contributed by atoms with van der Waals surface area (Å²) in [5.41, 5.74) is 1.42. The molecule has 0 bridgehead atoms. The van der Waals surface area contributed by atoms with Crippen molar-refractivity contribution >= 4 is 37.3 Å². The van der Waals surface area contributed by atoms with Crippen molar-refractivity contribution < 1.29 is 26.4 Å². The topological polar surface area (TPSA) is 122 Å². The third-order valence-corrected chi connectivity index (χ3v) is 7.41. The molecule has 9 nitrogen and oxygen atoms in total. The quantitative estimate of drug-likeness (QED) is 0.644. The summed E-state index contributed by atoms with van der Waals surface area (Å²) in [5.74, 6) is -0.198. The number of rotatable bonds is 7. The molecule has 0 saturated carbocycles. The number of carbonyl (C=O) groups is 1. The van der Waals surface area contributed by atoms with Gasteiger partial charge in [-0.05, 0) is 50.1 Å². The van der Waals surface area contributed by atoms with Gasteiger partial charge in [0.15, 0.2) is 0 Å². The second-order valence-electron chi connectivity index (χ2n) is 7.37. The lowest BCUT2D eigenvalue weighted by Crippen LogP contribution is -2.43. The summed E-state index contributed by atoms with van der Waals surface area (Å²) in [7, 11) is -5.99. The third-order valence-electron chi connectivity index (χ3n) is 4.90. The number of aryl methyl sites for hydroxylation is 1. The maximum absolute atomic E-state index is 13.1. The Balaban J connectivity index is 1.82. The second-order valence-corrected chi connectivity index (χ2v) is 11.0. The smallest absolute Gasteiger partial charge is 0.243 e. The normalized spacial score (nSPS) is 17.3. The molecule has 1 heterocycles. The van der Waals surface area contributed by atoms with Crippen LogP contribution >= 0.6 is 0 Å². The summed E-state index contributed by atoms with van der Waals surface area (Å²) in [6.45, 7) is 2.11. The van der Waals surface area contributed by atoms with Gasteiger partial charge in [-0.1, -0.05) is 17.7 Å². The van der Waals surface area contributed by atoms with Gasteiger partial charge in [0.25, 0.3) is 0 Å². The van der Waals surface area contributed by atoms with Crippen LogP contribution in [0.25, 0.3) is 0 Å². The van der Waals surface area contributed by atoms with Gasteiger partial charge >= 0.3 is 0 Å². The van der Waals surface area contributed by atoms with Crippen LogP contribution in [0, 0.1) is 6.92 Å². The van der Waals surface area contributed by atoms with Crippen molar-refractivity contribution in [2.75, 3.05) is 29.9 Å². The molecule has 1 atom stereocenters. The fraction of sp³-hybridized carbons (Fsp3) is 0.350. The molecule has 0 radical (unpaired) electrons. The summed E-state index contributed by atoms with van der Waals surface area (Å²) in [6, 6.07) is 10.1. The number of carbonyl (C=O) groups excluding carboxylic acids is 1. The fourth-order valence-corrected chi connectivity index (χ4v) is 5.64. The minimum Gasteiger partial charge on any atom is -0.495 e. The average Bonchev–Trinajstić information content (AvgIpc) is 3.18. The Morgan fingerprint density at radius 2 is 1.77 bits per heavy atom. The van der Waals surface area contributed by atoms with Crippen LogP contribution < -0.4 is 14.8 Å². The molecule has 0 aliphatic carbocycles. The Kier molecular flexibility index (Phi) is 6.58. The Morgan fingerprint density at radius 1 is 1.10 bits per heavy atom. The van der Waals surface area contributed by atoms with Gasteiger partial charge in [-0.15, -0.1) is 0 Å². The van der Waals surface area contributed by atoms with E-state index in [1.54, 1.807) is 18.2 Å². The minimum absolute atomic E-state index is 0.141. The molecule has 1 aliphatic rings. The number of benzene rings is 2. The molecular formula is C20H25N3O6S2. The van der Waals surface area contributed by atoms with E-state index in [-0.39, 0.29) is 22.9 Å². The van der Waals surface area contributed by atoms with Crippen LogP contribution in [-0.4, -0.2) is 53.0 Å². The molecule has 1 fully saturated rings. The van der Waals surface area contributed by atoms with E-state index in [2.05, 4.69) is 10.0 Å². The van der Waals surface area contributed by atoms with E-state index < -0.39 is 32.0 Å². The molecule has 1 saturated heterocycles. The number of sulfonamides is 2. The highest BCUT2D eigenvalue weighted by Gasteiger charge is 2.39. The highest BCUT2D eigenvalue weighted by Crippen LogP contribution is 2.30. The average molecular weight is 468 g/mol. The molecule has 2 aromatic rings. The zero-order chi connectivity index (χ0) is 22.8. The van der Waals surface area contributed by atoms with Gasteiger partial charge in [-0.3, -0.25) is 9.52 Å². The van der Waals surface area contributed by atoms with Gasteiger partial charge in [-0.25, -0.2) is 16.8 Å². The van der Waals surface area contributed by atoms with Crippen LogP contribution in [0.5, 0.6) is 5.75 Å². The zero-order valence-electron chi connectivity index (χ0n) is 17.5. The summed E-state index contributed by atoms with van der Waals surface area (Å²) in [5, 5.41) is 2.69. The highest BCUT2D eigenvalue weighted by atomic mass is 32.2. The predicted molar refractivity (Wildman–Crippen MR) is 118 cm³/mol. The van der Waals surface area contributed by atoms with Crippen molar-refractivity contribution in [1.82, 2.24) is 4.31 Å². The molecular weight excluding hydrogens is 442 g/mol. The Morgan fingerprint density at radius 3 is 2.39 bits per heavy atom. The van der Waals surface area contributed by atoms with E-state index in [0.717, 1.165) is 11.8 Å². The van der Waals surface area contributed by atoms with Crippen molar-refractivity contribution in [2.45, 2.75) is 30.7 Å². The lowest BCUT2D eigenvalue weighted by molar-refractivity contribution is -0.119. The van der Waals surface area contributed by atoms with Gasteiger partial charge in [0, 0.05) is 12.2 Å². The van der Waals surface area contributed by atoms with Crippen LogP contribution in [0.1, 0.15) is 18.4 Å². The monoisotopic (exact) mass is 467 g/mol. The first kappa shape index (κ1) is 23.0. The largest absolute Gasteiger partial charge is 0.495 e. The molecule has 168 valence electrons. The van der Waals surface area contributed by atoms with E-state index in [1.165, 1.54) is 35.7 Å². The lowest BCUT2D eigenvalue weighted by atomic mass is 10.2. The number of methoxy groups -OCH3 is 1. The molecule has 1 aliphatic heterocycles. The van der Waals surface area contributed by atoms with Crippen molar-refractivity contribution in [3.8, 4) is 5.75 Å². The molecule has 0 spiro atoms. The number of hydrogen-bond donors (Lipinski definition) is 2. The Bertz CT molecular complexity index is 1180. The first-order chi connectivity index (χ1) is 14.5. The fourth-order valence-electron chi connectivity index (χ4n) is 3.43. The molecule has 11 heteroatoms. The van der Waals surface area contributed by atoms with E-state index >= 15 is 0 Å². The molecule has 1 amide bonds. The van der Waals surface area contributed by atoms with Crippen molar-refractivity contribution in [1.29, 1.82) is 0 Å². The first-order valence-electron chi connectivity index (χ1n) is 9.56. The van der Waals surface area contributed by atoms with Gasteiger partial charge in [0.1, 0.15) is 11.8 Å². The van der Waals surface area contributed by atoms with Crippen molar-refractivity contribution in [3.63, 3.8) is 0 Å². The van der Waals surface area contributed by atoms with Crippen molar-refractivity contribution in [3.05, 3.63) is 48.0 Å². The number of ether oxygens (including phenoxy) is 1. The summed E-state index contributed by atoms with van der Waals surface area (Å²) in [6.07, 6.45) is 1.96. The summed E-state index contributed by atoms with van der Waals surface area (Å²) >= 11 is 0. The molecule has 0 unspecified atom stereocenters. The molecule has 3 rings (SSSR count). The van der Waals surface area contributed by atoms with Crippen LogP contribution in [0.3, 0.4) is 0 Å². The minimum atomic E-state index is -3.82. The maximum Gasteiger partial charge on any atom is 0.243 e. The highest BCUT2D eigenvalue weighted by molar-refractivity contribution is 7.92. The third kappa shape index (κ3) is 5.35.